The van der Waals surface area contributed by atoms with Crippen LogP contribution in [0.4, 0.5) is 0 Å². The monoisotopic (exact) mass is 356 g/mol. The van der Waals surface area contributed by atoms with Crippen LogP contribution in [0.25, 0.3) is 0 Å². The SMILES string of the molecule is COc1ccc(C(C)NC(=O)CCCNC(C)C)cc1Br. The Morgan fingerprint density at radius 1 is 1.33 bits per heavy atom. The number of carbonyl (C=O) groups is 1. The molecule has 0 spiro atoms. The van der Waals surface area contributed by atoms with Crippen LogP contribution in [-0.4, -0.2) is 25.6 Å². The van der Waals surface area contributed by atoms with Crippen LogP contribution < -0.4 is 15.4 Å². The molecule has 0 fully saturated rings. The second kappa shape index (κ2) is 9.05. The number of rotatable bonds is 8. The highest BCUT2D eigenvalue weighted by Crippen LogP contribution is 2.27. The van der Waals surface area contributed by atoms with Crippen LogP contribution in [-0.2, 0) is 4.79 Å². The van der Waals surface area contributed by atoms with Crippen LogP contribution in [0.2, 0.25) is 0 Å². The molecule has 1 unspecified atom stereocenters. The van der Waals surface area contributed by atoms with Gasteiger partial charge in [0.15, 0.2) is 0 Å². The van der Waals surface area contributed by atoms with Gasteiger partial charge in [-0.2, -0.15) is 0 Å². The van der Waals surface area contributed by atoms with Gasteiger partial charge in [-0.3, -0.25) is 4.79 Å². The molecule has 0 saturated carbocycles. The maximum atomic E-state index is 11.9. The Morgan fingerprint density at radius 3 is 2.62 bits per heavy atom. The van der Waals surface area contributed by atoms with Crippen LogP contribution in [0.3, 0.4) is 0 Å². The summed E-state index contributed by atoms with van der Waals surface area (Å²) in [5.74, 6) is 0.872. The van der Waals surface area contributed by atoms with Gasteiger partial charge in [-0.05, 0) is 53.5 Å². The lowest BCUT2D eigenvalue weighted by atomic mass is 10.1. The quantitative estimate of drug-likeness (QED) is 0.701. The number of amides is 1. The lowest BCUT2D eigenvalue weighted by Crippen LogP contribution is -2.28. The van der Waals surface area contributed by atoms with Crippen molar-refractivity contribution < 1.29 is 9.53 Å². The molecule has 5 heteroatoms. The van der Waals surface area contributed by atoms with Gasteiger partial charge in [0.2, 0.25) is 5.91 Å². The average molecular weight is 357 g/mol. The second-order valence-electron chi connectivity index (χ2n) is 5.40. The normalized spacial score (nSPS) is 12.3. The minimum atomic E-state index is -0.0160. The highest BCUT2D eigenvalue weighted by molar-refractivity contribution is 9.10. The van der Waals surface area contributed by atoms with E-state index in [1.165, 1.54) is 0 Å². The third-order valence-electron chi connectivity index (χ3n) is 3.19. The van der Waals surface area contributed by atoms with Crippen molar-refractivity contribution in [1.29, 1.82) is 0 Å². The third kappa shape index (κ3) is 6.48. The molecule has 21 heavy (non-hydrogen) atoms. The molecule has 0 radical (unpaired) electrons. The van der Waals surface area contributed by atoms with E-state index in [0.29, 0.717) is 12.5 Å². The second-order valence-corrected chi connectivity index (χ2v) is 6.25. The zero-order valence-corrected chi connectivity index (χ0v) is 14.8. The van der Waals surface area contributed by atoms with E-state index in [-0.39, 0.29) is 11.9 Å². The van der Waals surface area contributed by atoms with E-state index < -0.39 is 0 Å². The lowest BCUT2D eigenvalue weighted by molar-refractivity contribution is -0.121. The highest BCUT2D eigenvalue weighted by atomic mass is 79.9. The van der Waals surface area contributed by atoms with E-state index in [1.807, 2.05) is 25.1 Å². The predicted molar refractivity (Wildman–Crippen MR) is 89.6 cm³/mol. The molecule has 0 aliphatic rings. The van der Waals surface area contributed by atoms with Crippen molar-refractivity contribution in [3.8, 4) is 5.75 Å². The topological polar surface area (TPSA) is 50.4 Å². The summed E-state index contributed by atoms with van der Waals surface area (Å²) in [7, 11) is 1.64. The van der Waals surface area contributed by atoms with E-state index >= 15 is 0 Å². The molecule has 1 aromatic carbocycles. The number of carbonyl (C=O) groups excluding carboxylic acids is 1. The fraction of sp³-hybridized carbons (Fsp3) is 0.562. The fourth-order valence-electron chi connectivity index (χ4n) is 1.99. The van der Waals surface area contributed by atoms with Crippen LogP contribution in [0.1, 0.15) is 45.2 Å². The Morgan fingerprint density at radius 2 is 2.05 bits per heavy atom. The zero-order valence-electron chi connectivity index (χ0n) is 13.2. The molecule has 118 valence electrons. The summed E-state index contributed by atoms with van der Waals surface area (Å²) in [6.45, 7) is 7.05. The Bertz CT molecular complexity index is 464. The number of ether oxygens (including phenoxy) is 1. The van der Waals surface area contributed by atoms with Gasteiger partial charge >= 0.3 is 0 Å². The predicted octanol–water partition coefficient (Wildman–Crippen LogP) is 3.41. The zero-order chi connectivity index (χ0) is 15.8. The molecule has 0 aliphatic heterocycles. The summed E-state index contributed by atoms with van der Waals surface area (Å²) in [6, 6.07) is 6.29. The number of halogens is 1. The molecule has 2 N–H and O–H groups in total. The molecule has 1 amide bonds. The van der Waals surface area contributed by atoms with Gasteiger partial charge in [-0.1, -0.05) is 19.9 Å². The van der Waals surface area contributed by atoms with Crippen molar-refractivity contribution in [2.45, 2.75) is 45.7 Å². The Labute approximate surface area is 135 Å². The van der Waals surface area contributed by atoms with E-state index in [1.54, 1.807) is 7.11 Å². The first kappa shape index (κ1) is 18.0. The first-order valence-corrected chi connectivity index (χ1v) is 8.09. The summed E-state index contributed by atoms with van der Waals surface area (Å²) in [6.07, 6.45) is 1.39. The molecule has 1 aromatic rings. The summed E-state index contributed by atoms with van der Waals surface area (Å²) >= 11 is 3.46. The molecule has 0 saturated heterocycles. The summed E-state index contributed by atoms with van der Waals surface area (Å²) in [4.78, 5) is 11.9. The number of nitrogens with one attached hydrogen (secondary N) is 2. The Balaban J connectivity index is 2.43. The maximum absolute atomic E-state index is 11.9. The largest absolute Gasteiger partial charge is 0.496 e. The van der Waals surface area contributed by atoms with Crippen LogP contribution in [0.5, 0.6) is 5.75 Å². The van der Waals surface area contributed by atoms with E-state index in [2.05, 4.69) is 40.4 Å². The summed E-state index contributed by atoms with van der Waals surface area (Å²) in [5.41, 5.74) is 1.05. The minimum absolute atomic E-state index is 0.0160. The van der Waals surface area contributed by atoms with Crippen molar-refractivity contribution in [2.24, 2.45) is 0 Å². The number of hydrogen-bond donors (Lipinski definition) is 2. The minimum Gasteiger partial charge on any atom is -0.496 e. The fourth-order valence-corrected chi connectivity index (χ4v) is 2.55. The third-order valence-corrected chi connectivity index (χ3v) is 3.81. The lowest BCUT2D eigenvalue weighted by Gasteiger charge is -2.16. The Hall–Kier alpha value is -1.07. The molecule has 0 aliphatic carbocycles. The smallest absolute Gasteiger partial charge is 0.220 e. The van der Waals surface area contributed by atoms with Crippen molar-refractivity contribution in [3.05, 3.63) is 28.2 Å². The standard InChI is InChI=1S/C16H25BrN2O2/c1-11(2)18-9-5-6-16(20)19-12(3)13-7-8-15(21-4)14(17)10-13/h7-8,10-12,18H,5-6,9H2,1-4H3,(H,19,20). The van der Waals surface area contributed by atoms with Crippen molar-refractivity contribution in [2.75, 3.05) is 13.7 Å². The van der Waals surface area contributed by atoms with Gasteiger partial charge in [-0.25, -0.2) is 0 Å². The Kier molecular flexibility index (Phi) is 7.75. The first-order valence-electron chi connectivity index (χ1n) is 7.30. The first-order chi connectivity index (χ1) is 9.93. The van der Waals surface area contributed by atoms with E-state index in [9.17, 15) is 4.79 Å². The summed E-state index contributed by atoms with van der Waals surface area (Å²) < 4.78 is 6.10. The molecular weight excluding hydrogens is 332 g/mol. The van der Waals surface area contributed by atoms with Gasteiger partial charge in [0, 0.05) is 12.5 Å². The number of hydrogen-bond acceptors (Lipinski definition) is 3. The molecular formula is C16H25BrN2O2. The van der Waals surface area contributed by atoms with Crippen LogP contribution >= 0.6 is 15.9 Å². The number of methoxy groups -OCH3 is 1. The highest BCUT2D eigenvalue weighted by Gasteiger charge is 2.11. The van der Waals surface area contributed by atoms with Gasteiger partial charge in [-0.15, -0.1) is 0 Å². The van der Waals surface area contributed by atoms with E-state index in [4.69, 9.17) is 4.74 Å². The molecule has 1 atom stereocenters. The van der Waals surface area contributed by atoms with Crippen LogP contribution in [0.15, 0.2) is 22.7 Å². The average Bonchev–Trinajstić information content (AvgIpc) is 2.43. The number of benzene rings is 1. The van der Waals surface area contributed by atoms with Crippen LogP contribution in [0, 0.1) is 0 Å². The summed E-state index contributed by atoms with van der Waals surface area (Å²) in [5, 5.41) is 6.33. The van der Waals surface area contributed by atoms with Gasteiger partial charge < -0.3 is 15.4 Å². The van der Waals surface area contributed by atoms with Crippen molar-refractivity contribution in [1.82, 2.24) is 10.6 Å². The maximum Gasteiger partial charge on any atom is 0.220 e. The van der Waals surface area contributed by atoms with Crippen molar-refractivity contribution >= 4 is 21.8 Å². The van der Waals surface area contributed by atoms with Crippen molar-refractivity contribution in [3.63, 3.8) is 0 Å². The van der Waals surface area contributed by atoms with Gasteiger partial charge in [0.05, 0.1) is 17.6 Å². The van der Waals surface area contributed by atoms with E-state index in [0.717, 1.165) is 28.8 Å². The molecule has 4 nitrogen and oxygen atoms in total. The molecule has 0 bridgehead atoms. The molecule has 0 aromatic heterocycles. The molecule has 0 heterocycles. The van der Waals surface area contributed by atoms with Gasteiger partial charge in [0.1, 0.15) is 5.75 Å². The van der Waals surface area contributed by atoms with Gasteiger partial charge in [0.25, 0.3) is 0 Å². The molecule has 1 rings (SSSR count).